The summed E-state index contributed by atoms with van der Waals surface area (Å²) >= 11 is 0. The van der Waals surface area contributed by atoms with E-state index in [1.807, 2.05) is 0 Å². The van der Waals surface area contributed by atoms with Crippen LogP contribution < -0.4 is 5.32 Å². The van der Waals surface area contributed by atoms with E-state index in [0.29, 0.717) is 18.5 Å². The van der Waals surface area contributed by atoms with Crippen molar-refractivity contribution in [1.82, 2.24) is 10.2 Å². The number of hydrogen-bond donors (Lipinski definition) is 2. The van der Waals surface area contributed by atoms with Gasteiger partial charge in [-0.1, -0.05) is 6.42 Å². The fourth-order valence-electron chi connectivity index (χ4n) is 3.30. The van der Waals surface area contributed by atoms with Gasteiger partial charge in [-0.15, -0.1) is 0 Å². The van der Waals surface area contributed by atoms with Gasteiger partial charge < -0.3 is 10.4 Å². The lowest BCUT2D eigenvalue weighted by molar-refractivity contribution is 0.136. The highest BCUT2D eigenvalue weighted by Gasteiger charge is 2.27. The number of nitrogens with zero attached hydrogens (tertiary/aromatic N) is 2. The number of aliphatic hydroxyl groups is 1. The molecule has 1 saturated carbocycles. The van der Waals surface area contributed by atoms with Crippen LogP contribution in [0.4, 0.5) is 0 Å². The summed E-state index contributed by atoms with van der Waals surface area (Å²) in [6.45, 7) is 4.01. The summed E-state index contributed by atoms with van der Waals surface area (Å²) in [7, 11) is 0. The number of likely N-dealkylation sites (tertiary alicyclic amines) is 1. The molecule has 2 aliphatic rings. The van der Waals surface area contributed by atoms with E-state index in [1.165, 1.54) is 25.7 Å². The van der Waals surface area contributed by atoms with Crippen molar-refractivity contribution >= 4 is 0 Å². The van der Waals surface area contributed by atoms with Crippen LogP contribution in [0.15, 0.2) is 0 Å². The van der Waals surface area contributed by atoms with Crippen molar-refractivity contribution < 1.29 is 5.11 Å². The Hall–Kier alpha value is -0.630. The molecule has 4 heteroatoms. The van der Waals surface area contributed by atoms with Crippen molar-refractivity contribution in [3.8, 4) is 6.07 Å². The molecule has 2 N–H and O–H groups in total. The zero-order valence-electron chi connectivity index (χ0n) is 11.9. The van der Waals surface area contributed by atoms with Crippen molar-refractivity contribution in [1.29, 1.82) is 5.26 Å². The summed E-state index contributed by atoms with van der Waals surface area (Å²) in [5.41, 5.74) is 0. The highest BCUT2D eigenvalue weighted by atomic mass is 16.2. The number of piperidine rings is 1. The molecule has 2 fully saturated rings. The first-order chi connectivity index (χ1) is 9.31. The Bertz CT molecular complexity index is 298. The van der Waals surface area contributed by atoms with Crippen LogP contribution in [0, 0.1) is 23.2 Å². The van der Waals surface area contributed by atoms with Crippen LogP contribution in [0.3, 0.4) is 0 Å². The Morgan fingerprint density at radius 3 is 2.74 bits per heavy atom. The maximum absolute atomic E-state index is 8.97. The molecule has 2 rings (SSSR count). The quantitative estimate of drug-likeness (QED) is 0.683. The molecule has 0 bridgehead atoms. The molecule has 19 heavy (non-hydrogen) atoms. The second-order valence-electron chi connectivity index (χ2n) is 6.22. The third kappa shape index (κ3) is 4.76. The van der Waals surface area contributed by atoms with Gasteiger partial charge >= 0.3 is 0 Å². The van der Waals surface area contributed by atoms with Gasteiger partial charge in [0.05, 0.1) is 12.6 Å². The van der Waals surface area contributed by atoms with Gasteiger partial charge in [0.15, 0.2) is 0 Å². The van der Waals surface area contributed by atoms with E-state index < -0.39 is 0 Å². The monoisotopic (exact) mass is 265 g/mol. The van der Waals surface area contributed by atoms with E-state index in [1.54, 1.807) is 0 Å². The molecule has 1 aliphatic carbocycles. The van der Waals surface area contributed by atoms with Crippen molar-refractivity contribution in [2.45, 2.75) is 44.6 Å². The average Bonchev–Trinajstić information content (AvgIpc) is 2.35. The van der Waals surface area contributed by atoms with Crippen molar-refractivity contribution in [2.75, 3.05) is 32.8 Å². The lowest BCUT2D eigenvalue weighted by Gasteiger charge is -2.38. The van der Waals surface area contributed by atoms with E-state index in [9.17, 15) is 0 Å². The summed E-state index contributed by atoms with van der Waals surface area (Å²) in [5.74, 6) is 1.52. The fourth-order valence-corrected chi connectivity index (χ4v) is 3.30. The molecule has 2 unspecified atom stereocenters. The Balaban J connectivity index is 1.77. The Morgan fingerprint density at radius 1 is 1.26 bits per heavy atom. The summed E-state index contributed by atoms with van der Waals surface area (Å²) in [6, 6.07) is 2.80. The average molecular weight is 265 g/mol. The van der Waals surface area contributed by atoms with Gasteiger partial charge in [-0.3, -0.25) is 4.90 Å². The first-order valence-corrected chi connectivity index (χ1v) is 7.75. The second-order valence-corrected chi connectivity index (χ2v) is 6.22. The fraction of sp³-hybridized carbons (Fsp3) is 0.933. The predicted molar refractivity (Wildman–Crippen MR) is 75.6 cm³/mol. The first kappa shape index (κ1) is 14.8. The molecule has 0 amide bonds. The number of aliphatic hydroxyl groups excluding tert-OH is 1. The van der Waals surface area contributed by atoms with Crippen LogP contribution in [0.25, 0.3) is 0 Å². The van der Waals surface area contributed by atoms with E-state index >= 15 is 0 Å². The molecule has 2 atom stereocenters. The highest BCUT2D eigenvalue weighted by Crippen LogP contribution is 2.26. The molecule has 4 nitrogen and oxygen atoms in total. The van der Waals surface area contributed by atoms with Gasteiger partial charge in [0, 0.05) is 25.7 Å². The lowest BCUT2D eigenvalue weighted by atomic mass is 9.84. The molecule has 0 spiro atoms. The summed E-state index contributed by atoms with van der Waals surface area (Å²) in [4.78, 5) is 2.27. The largest absolute Gasteiger partial charge is 0.396 e. The third-order valence-corrected chi connectivity index (χ3v) is 4.60. The third-order valence-electron chi connectivity index (χ3n) is 4.60. The first-order valence-electron chi connectivity index (χ1n) is 7.75. The zero-order valence-corrected chi connectivity index (χ0v) is 11.9. The summed E-state index contributed by atoms with van der Waals surface area (Å²) in [6.07, 6.45) is 7.34. The van der Waals surface area contributed by atoms with Gasteiger partial charge in [0.25, 0.3) is 0 Å². The molecular weight excluding hydrogens is 238 g/mol. The zero-order chi connectivity index (χ0) is 13.5. The normalized spacial score (nSPS) is 28.8. The minimum atomic E-state index is 0.287. The topological polar surface area (TPSA) is 59.3 Å². The highest BCUT2D eigenvalue weighted by molar-refractivity contribution is 4.88. The lowest BCUT2D eigenvalue weighted by Crippen LogP contribution is -2.50. The molecule has 1 saturated heterocycles. The molecule has 0 aromatic carbocycles. The van der Waals surface area contributed by atoms with E-state index in [2.05, 4.69) is 16.3 Å². The number of hydrogen-bond acceptors (Lipinski definition) is 4. The minimum Gasteiger partial charge on any atom is -0.396 e. The maximum atomic E-state index is 8.97. The van der Waals surface area contributed by atoms with E-state index in [-0.39, 0.29) is 6.61 Å². The number of nitriles is 1. The van der Waals surface area contributed by atoms with Gasteiger partial charge in [0.1, 0.15) is 0 Å². The van der Waals surface area contributed by atoms with Gasteiger partial charge in [-0.25, -0.2) is 0 Å². The van der Waals surface area contributed by atoms with Crippen molar-refractivity contribution in [3.63, 3.8) is 0 Å². The van der Waals surface area contributed by atoms with Crippen molar-refractivity contribution in [3.05, 3.63) is 0 Å². The minimum absolute atomic E-state index is 0.287. The summed E-state index contributed by atoms with van der Waals surface area (Å²) < 4.78 is 0. The predicted octanol–water partition coefficient (Wildman–Crippen LogP) is 1.36. The molecule has 1 aliphatic heterocycles. The van der Waals surface area contributed by atoms with Crippen LogP contribution in [0.2, 0.25) is 0 Å². The smallest absolute Gasteiger partial charge is 0.0866 e. The van der Waals surface area contributed by atoms with Crippen LogP contribution >= 0.6 is 0 Å². The maximum Gasteiger partial charge on any atom is 0.0866 e. The van der Waals surface area contributed by atoms with Gasteiger partial charge in [-0.05, 0) is 50.5 Å². The standard InChI is InChI=1S/C15H27N3O/c16-6-7-18-11-14(5-2-8-19)9-15(12-18)17-10-13-3-1-4-13/h13-15,17,19H,1-5,7-12H2. The molecule has 108 valence electrons. The van der Waals surface area contributed by atoms with Crippen LogP contribution in [-0.2, 0) is 0 Å². The van der Waals surface area contributed by atoms with Gasteiger partial charge in [0.2, 0.25) is 0 Å². The van der Waals surface area contributed by atoms with Crippen LogP contribution in [0.1, 0.15) is 38.5 Å². The molecule has 0 aromatic heterocycles. The molecule has 0 aromatic rings. The molecular formula is C15H27N3O. The number of nitrogens with one attached hydrogen (secondary N) is 1. The molecule has 0 radical (unpaired) electrons. The Morgan fingerprint density at radius 2 is 2.11 bits per heavy atom. The summed E-state index contributed by atoms with van der Waals surface area (Å²) in [5, 5.41) is 21.6. The molecule has 1 heterocycles. The number of rotatable bonds is 7. The van der Waals surface area contributed by atoms with Gasteiger partial charge in [-0.2, -0.15) is 5.26 Å². The Kier molecular flexibility index (Phi) is 6.09. The van der Waals surface area contributed by atoms with Crippen molar-refractivity contribution in [2.24, 2.45) is 11.8 Å². The Labute approximate surface area is 116 Å². The van der Waals surface area contributed by atoms with Crippen LogP contribution in [-0.4, -0.2) is 48.8 Å². The van der Waals surface area contributed by atoms with E-state index in [0.717, 1.165) is 38.4 Å². The second kappa shape index (κ2) is 7.84. The van der Waals surface area contributed by atoms with Crippen LogP contribution in [0.5, 0.6) is 0 Å². The van der Waals surface area contributed by atoms with E-state index in [4.69, 9.17) is 10.4 Å². The SMILES string of the molecule is N#CCN1CC(CCCO)CC(NCC2CCC2)C1.